The van der Waals surface area contributed by atoms with Gasteiger partial charge in [-0.25, -0.2) is 4.39 Å². The second-order valence-corrected chi connectivity index (χ2v) is 5.33. The number of hydrogen-bond donors (Lipinski definition) is 1. The zero-order valence-electron chi connectivity index (χ0n) is 10.4. The Morgan fingerprint density at radius 2 is 1.89 bits per heavy atom. The number of likely N-dealkylation sites (tertiary alicyclic amines) is 1. The third kappa shape index (κ3) is 3.02. The summed E-state index contributed by atoms with van der Waals surface area (Å²) in [6, 6.07) is 6.90. The lowest BCUT2D eigenvalue weighted by atomic mass is 9.88. The molecule has 1 aromatic carbocycles. The highest BCUT2D eigenvalue weighted by Crippen LogP contribution is 2.27. The van der Waals surface area contributed by atoms with Crippen LogP contribution in [0.5, 0.6) is 0 Å². The molecule has 2 saturated heterocycles. The van der Waals surface area contributed by atoms with Gasteiger partial charge in [0.25, 0.3) is 0 Å². The summed E-state index contributed by atoms with van der Waals surface area (Å²) in [6.45, 7) is 5.71. The van der Waals surface area contributed by atoms with Crippen LogP contribution in [0.4, 0.5) is 4.39 Å². The van der Waals surface area contributed by atoms with Gasteiger partial charge in [0.2, 0.25) is 0 Å². The lowest BCUT2D eigenvalue weighted by Crippen LogP contribution is -2.39. The van der Waals surface area contributed by atoms with Crippen molar-refractivity contribution in [3.05, 3.63) is 35.6 Å². The highest BCUT2D eigenvalue weighted by molar-refractivity contribution is 5.85. The van der Waals surface area contributed by atoms with Crippen molar-refractivity contribution in [2.45, 2.75) is 13.0 Å². The molecule has 18 heavy (non-hydrogen) atoms. The van der Waals surface area contributed by atoms with Gasteiger partial charge in [-0.3, -0.25) is 4.90 Å². The van der Waals surface area contributed by atoms with Gasteiger partial charge < -0.3 is 5.32 Å². The third-order valence-electron chi connectivity index (χ3n) is 4.11. The smallest absolute Gasteiger partial charge is 0.123 e. The second kappa shape index (κ2) is 6.00. The largest absolute Gasteiger partial charge is 0.316 e. The highest BCUT2D eigenvalue weighted by Gasteiger charge is 2.32. The van der Waals surface area contributed by atoms with Crippen molar-refractivity contribution in [1.82, 2.24) is 10.2 Å². The number of hydrogen-bond acceptors (Lipinski definition) is 2. The molecule has 4 heteroatoms. The van der Waals surface area contributed by atoms with Crippen LogP contribution in [0.2, 0.25) is 0 Å². The van der Waals surface area contributed by atoms with E-state index in [1.54, 1.807) is 12.1 Å². The highest BCUT2D eigenvalue weighted by atomic mass is 35.5. The fraction of sp³-hybridized carbons (Fsp3) is 0.571. The summed E-state index contributed by atoms with van der Waals surface area (Å²) >= 11 is 0. The van der Waals surface area contributed by atoms with Gasteiger partial charge in [-0.05, 0) is 55.6 Å². The molecule has 100 valence electrons. The molecular weight excluding hydrogens is 251 g/mol. The molecule has 3 rings (SSSR count). The number of halogens is 2. The predicted molar refractivity (Wildman–Crippen MR) is 73.4 cm³/mol. The monoisotopic (exact) mass is 270 g/mol. The standard InChI is InChI=1S/C14H19FN2.ClH/c15-14-3-1-11(2-4-14)9-17-6-5-12-7-16-8-13(12)10-17;/h1-4,12-13,16H,5-10H2;1H. The maximum absolute atomic E-state index is 12.8. The number of nitrogens with zero attached hydrogens (tertiary/aromatic N) is 1. The van der Waals surface area contributed by atoms with Crippen LogP contribution in [-0.4, -0.2) is 31.1 Å². The van der Waals surface area contributed by atoms with E-state index in [1.807, 2.05) is 12.1 Å². The van der Waals surface area contributed by atoms with E-state index in [0.29, 0.717) is 0 Å². The van der Waals surface area contributed by atoms with E-state index in [9.17, 15) is 4.39 Å². The maximum Gasteiger partial charge on any atom is 0.123 e. The number of benzene rings is 1. The molecule has 2 nitrogen and oxygen atoms in total. The van der Waals surface area contributed by atoms with Crippen molar-refractivity contribution in [2.24, 2.45) is 11.8 Å². The van der Waals surface area contributed by atoms with Crippen LogP contribution in [0.25, 0.3) is 0 Å². The second-order valence-electron chi connectivity index (χ2n) is 5.33. The van der Waals surface area contributed by atoms with E-state index < -0.39 is 0 Å². The SMILES string of the molecule is Cl.Fc1ccc(CN2CCC3CNCC3C2)cc1. The molecule has 0 bridgehead atoms. The Kier molecular flexibility index (Phi) is 4.60. The average molecular weight is 271 g/mol. The Bertz CT molecular complexity index is 382. The third-order valence-corrected chi connectivity index (χ3v) is 4.11. The molecule has 0 aliphatic carbocycles. The predicted octanol–water partition coefficient (Wildman–Crippen LogP) is 2.29. The van der Waals surface area contributed by atoms with E-state index in [4.69, 9.17) is 0 Å². The van der Waals surface area contributed by atoms with Crippen LogP contribution in [0.3, 0.4) is 0 Å². The quantitative estimate of drug-likeness (QED) is 0.887. The van der Waals surface area contributed by atoms with E-state index in [0.717, 1.165) is 18.4 Å². The van der Waals surface area contributed by atoms with Crippen LogP contribution in [0.15, 0.2) is 24.3 Å². The van der Waals surface area contributed by atoms with Gasteiger partial charge in [0.1, 0.15) is 5.82 Å². The first-order valence-electron chi connectivity index (χ1n) is 6.49. The van der Waals surface area contributed by atoms with Gasteiger partial charge in [0.15, 0.2) is 0 Å². The first-order valence-corrected chi connectivity index (χ1v) is 6.49. The Balaban J connectivity index is 0.00000120. The number of fused-ring (bicyclic) bond motifs is 1. The van der Waals surface area contributed by atoms with Crippen molar-refractivity contribution < 1.29 is 4.39 Å². The zero-order valence-corrected chi connectivity index (χ0v) is 11.3. The van der Waals surface area contributed by atoms with Gasteiger partial charge in [-0.1, -0.05) is 12.1 Å². The van der Waals surface area contributed by atoms with Crippen LogP contribution in [-0.2, 0) is 6.54 Å². The molecule has 0 saturated carbocycles. The van der Waals surface area contributed by atoms with Crippen molar-refractivity contribution in [3.63, 3.8) is 0 Å². The Morgan fingerprint density at radius 1 is 1.17 bits per heavy atom. The Hall–Kier alpha value is -0.640. The summed E-state index contributed by atoms with van der Waals surface area (Å²) in [7, 11) is 0. The molecule has 2 fully saturated rings. The normalized spacial score (nSPS) is 27.6. The summed E-state index contributed by atoms with van der Waals surface area (Å²) in [6.07, 6.45) is 1.30. The van der Waals surface area contributed by atoms with Gasteiger partial charge in [0.05, 0.1) is 0 Å². The minimum absolute atomic E-state index is 0. The molecular formula is C14H20ClFN2. The molecule has 2 heterocycles. The van der Waals surface area contributed by atoms with Crippen LogP contribution < -0.4 is 5.32 Å². The molecule has 1 N–H and O–H groups in total. The molecule has 0 aromatic heterocycles. The van der Waals surface area contributed by atoms with E-state index in [-0.39, 0.29) is 18.2 Å². The van der Waals surface area contributed by atoms with Crippen molar-refractivity contribution in [1.29, 1.82) is 0 Å². The summed E-state index contributed by atoms with van der Waals surface area (Å²) in [4.78, 5) is 2.50. The first-order chi connectivity index (χ1) is 8.31. The fourth-order valence-corrected chi connectivity index (χ4v) is 3.10. The molecule has 2 atom stereocenters. The zero-order chi connectivity index (χ0) is 11.7. The summed E-state index contributed by atoms with van der Waals surface area (Å²) in [5.41, 5.74) is 1.22. The Labute approximate surface area is 114 Å². The minimum Gasteiger partial charge on any atom is -0.316 e. The molecule has 1 aromatic rings. The number of rotatable bonds is 2. The molecule has 2 aliphatic rings. The van der Waals surface area contributed by atoms with Gasteiger partial charge >= 0.3 is 0 Å². The van der Waals surface area contributed by atoms with Crippen LogP contribution in [0, 0.1) is 17.7 Å². The molecule has 2 aliphatic heterocycles. The summed E-state index contributed by atoms with van der Waals surface area (Å²) in [5, 5.41) is 3.48. The molecule has 0 spiro atoms. The van der Waals surface area contributed by atoms with Crippen LogP contribution >= 0.6 is 12.4 Å². The van der Waals surface area contributed by atoms with Gasteiger partial charge in [0, 0.05) is 13.1 Å². The minimum atomic E-state index is -0.146. The lowest BCUT2D eigenvalue weighted by Gasteiger charge is -2.34. The number of nitrogens with one attached hydrogen (secondary N) is 1. The molecule has 2 unspecified atom stereocenters. The van der Waals surface area contributed by atoms with Crippen LogP contribution in [0.1, 0.15) is 12.0 Å². The van der Waals surface area contributed by atoms with Crippen molar-refractivity contribution >= 4 is 12.4 Å². The lowest BCUT2D eigenvalue weighted by molar-refractivity contribution is 0.142. The van der Waals surface area contributed by atoms with E-state index in [1.165, 1.54) is 38.2 Å². The molecule has 0 amide bonds. The van der Waals surface area contributed by atoms with Gasteiger partial charge in [-0.15, -0.1) is 12.4 Å². The fourth-order valence-electron chi connectivity index (χ4n) is 3.10. The average Bonchev–Trinajstić information content (AvgIpc) is 2.79. The topological polar surface area (TPSA) is 15.3 Å². The summed E-state index contributed by atoms with van der Waals surface area (Å²) in [5.74, 6) is 1.57. The first kappa shape index (κ1) is 13.8. The maximum atomic E-state index is 12.8. The van der Waals surface area contributed by atoms with E-state index >= 15 is 0 Å². The molecule has 0 radical (unpaired) electrons. The van der Waals surface area contributed by atoms with E-state index in [2.05, 4.69) is 10.2 Å². The number of piperidine rings is 1. The summed E-state index contributed by atoms with van der Waals surface area (Å²) < 4.78 is 12.8. The Morgan fingerprint density at radius 3 is 2.67 bits per heavy atom. The van der Waals surface area contributed by atoms with Crippen molar-refractivity contribution in [3.8, 4) is 0 Å². The van der Waals surface area contributed by atoms with Crippen molar-refractivity contribution in [2.75, 3.05) is 26.2 Å². The van der Waals surface area contributed by atoms with Gasteiger partial charge in [-0.2, -0.15) is 0 Å².